The Morgan fingerprint density at radius 1 is 1.07 bits per heavy atom. The number of hydrogen-bond acceptors (Lipinski definition) is 4. The molecule has 3 aromatic rings. The maximum absolute atomic E-state index is 13.2. The number of amides is 1. The molecule has 0 aliphatic carbocycles. The minimum Gasteiger partial charge on any atom is -0.324 e. The van der Waals surface area contributed by atoms with Gasteiger partial charge in [0.1, 0.15) is 11.4 Å². The molecule has 0 fully saturated rings. The molecule has 0 unspecified atom stereocenters. The van der Waals surface area contributed by atoms with Crippen molar-refractivity contribution in [3.63, 3.8) is 0 Å². The minimum atomic E-state index is -4.01. The number of halogens is 2. The van der Waals surface area contributed by atoms with Gasteiger partial charge in [-0.3, -0.25) is 14.1 Å². The van der Waals surface area contributed by atoms with Crippen molar-refractivity contribution in [3.05, 3.63) is 82.6 Å². The van der Waals surface area contributed by atoms with E-state index in [1.807, 2.05) is 6.92 Å². The van der Waals surface area contributed by atoms with Crippen LogP contribution in [0.3, 0.4) is 0 Å². The maximum atomic E-state index is 13.2. The number of hydrogen-bond donors (Lipinski definition) is 1. The fourth-order valence-electron chi connectivity index (χ4n) is 2.56. The number of benzene rings is 2. The predicted molar refractivity (Wildman–Crippen MR) is 115 cm³/mol. The van der Waals surface area contributed by atoms with Gasteiger partial charge in [-0.15, -0.1) is 0 Å². The highest BCUT2D eigenvalue weighted by Crippen LogP contribution is 2.26. The van der Waals surface area contributed by atoms with Gasteiger partial charge in [-0.25, -0.2) is 8.42 Å². The normalized spacial score (nSPS) is 11.1. The van der Waals surface area contributed by atoms with E-state index in [2.05, 4.69) is 10.3 Å². The summed E-state index contributed by atoms with van der Waals surface area (Å²) in [6.07, 6.45) is 2.72. The summed E-state index contributed by atoms with van der Waals surface area (Å²) in [7, 11) is -4.01. The summed E-state index contributed by atoms with van der Waals surface area (Å²) in [5.74, 6) is -0.531. The molecule has 0 aliphatic heterocycles. The van der Waals surface area contributed by atoms with E-state index >= 15 is 0 Å². The van der Waals surface area contributed by atoms with Crippen LogP contribution in [0.25, 0.3) is 0 Å². The first-order valence-corrected chi connectivity index (χ1v) is 10.7. The molecule has 9 heteroatoms. The number of carbonyl (C=O) groups is 1. The number of sulfonamides is 1. The Hall–Kier alpha value is -2.61. The Morgan fingerprint density at radius 3 is 2.41 bits per heavy atom. The highest BCUT2D eigenvalue weighted by Gasteiger charge is 2.27. The zero-order valence-corrected chi connectivity index (χ0v) is 17.7. The molecule has 1 aromatic heterocycles. The minimum absolute atomic E-state index is 0.0112. The van der Waals surface area contributed by atoms with E-state index in [0.717, 1.165) is 9.87 Å². The van der Waals surface area contributed by atoms with Crippen LogP contribution in [-0.2, 0) is 14.8 Å². The second kappa shape index (κ2) is 8.82. The third-order valence-electron chi connectivity index (χ3n) is 4.03. The number of nitrogens with zero attached hydrogens (tertiary/aromatic N) is 2. The summed E-state index contributed by atoms with van der Waals surface area (Å²) >= 11 is 11.9. The van der Waals surface area contributed by atoms with E-state index in [9.17, 15) is 13.2 Å². The first-order valence-electron chi connectivity index (χ1n) is 8.52. The number of pyridine rings is 1. The molecule has 1 amide bonds. The largest absolute Gasteiger partial charge is 0.324 e. The van der Waals surface area contributed by atoms with Crippen molar-refractivity contribution in [3.8, 4) is 0 Å². The van der Waals surface area contributed by atoms with Crippen LogP contribution in [0.15, 0.2) is 71.9 Å². The first kappa shape index (κ1) is 21.1. The summed E-state index contributed by atoms with van der Waals surface area (Å²) < 4.78 is 27.4. The van der Waals surface area contributed by atoms with E-state index in [4.69, 9.17) is 23.2 Å². The van der Waals surface area contributed by atoms with Crippen LogP contribution in [0.1, 0.15) is 5.56 Å². The average molecular weight is 450 g/mol. The van der Waals surface area contributed by atoms with Gasteiger partial charge in [0.05, 0.1) is 15.7 Å². The van der Waals surface area contributed by atoms with Gasteiger partial charge in [-0.1, -0.05) is 40.9 Å². The van der Waals surface area contributed by atoms with Gasteiger partial charge in [0.15, 0.2) is 0 Å². The Bertz CT molecular complexity index is 1120. The van der Waals surface area contributed by atoms with Crippen LogP contribution >= 0.6 is 23.2 Å². The number of aryl methyl sites for hydroxylation is 1. The summed E-state index contributed by atoms with van der Waals surface area (Å²) in [5.41, 5.74) is 1.74. The van der Waals surface area contributed by atoms with Crippen molar-refractivity contribution in [2.75, 3.05) is 16.2 Å². The van der Waals surface area contributed by atoms with Crippen molar-refractivity contribution in [1.82, 2.24) is 4.98 Å². The predicted octanol–water partition coefficient (Wildman–Crippen LogP) is 4.53. The van der Waals surface area contributed by atoms with Crippen molar-refractivity contribution in [1.29, 1.82) is 0 Å². The zero-order valence-electron chi connectivity index (χ0n) is 15.3. The molecule has 6 nitrogen and oxygen atoms in total. The molecule has 150 valence electrons. The lowest BCUT2D eigenvalue weighted by atomic mass is 10.2. The van der Waals surface area contributed by atoms with E-state index in [1.54, 1.807) is 36.4 Å². The molecular formula is C20H17Cl2N3O3S. The molecule has 0 radical (unpaired) electrons. The molecule has 29 heavy (non-hydrogen) atoms. The van der Waals surface area contributed by atoms with Gasteiger partial charge in [-0.2, -0.15) is 0 Å². The third-order valence-corrected chi connectivity index (χ3v) is 6.53. The van der Waals surface area contributed by atoms with Crippen LogP contribution in [-0.4, -0.2) is 25.9 Å². The molecule has 0 saturated carbocycles. The lowest BCUT2D eigenvalue weighted by molar-refractivity contribution is -0.114. The van der Waals surface area contributed by atoms with Gasteiger partial charge >= 0.3 is 0 Å². The lowest BCUT2D eigenvalue weighted by Gasteiger charge is -2.24. The molecule has 0 saturated heterocycles. The lowest BCUT2D eigenvalue weighted by Crippen LogP contribution is -2.38. The van der Waals surface area contributed by atoms with Crippen molar-refractivity contribution < 1.29 is 13.2 Å². The molecule has 0 aliphatic rings. The van der Waals surface area contributed by atoms with Crippen LogP contribution in [0.4, 0.5) is 11.4 Å². The smallest absolute Gasteiger partial charge is 0.266 e. The van der Waals surface area contributed by atoms with Crippen LogP contribution in [0, 0.1) is 6.92 Å². The summed E-state index contributed by atoms with van der Waals surface area (Å²) in [6, 6.07) is 14.4. The first-order chi connectivity index (χ1) is 13.8. The van der Waals surface area contributed by atoms with E-state index in [1.165, 1.54) is 30.6 Å². The van der Waals surface area contributed by atoms with Gasteiger partial charge in [0.25, 0.3) is 10.0 Å². The standard InChI is InChI=1S/C20H17Cl2N3O3S/c1-14-4-7-16(8-5-14)25(29(27,28)17-3-2-10-23-12-17)13-20(26)24-15-6-9-18(21)19(22)11-15/h2-12H,13H2,1H3,(H,24,26). The van der Waals surface area contributed by atoms with Crippen LogP contribution in [0.2, 0.25) is 10.0 Å². The monoisotopic (exact) mass is 449 g/mol. The quantitative estimate of drug-likeness (QED) is 0.599. The van der Waals surface area contributed by atoms with E-state index in [0.29, 0.717) is 16.4 Å². The molecule has 1 N–H and O–H groups in total. The third kappa shape index (κ3) is 5.06. The van der Waals surface area contributed by atoms with Crippen molar-refractivity contribution in [2.45, 2.75) is 11.8 Å². The van der Waals surface area contributed by atoms with E-state index in [-0.39, 0.29) is 9.92 Å². The average Bonchev–Trinajstić information content (AvgIpc) is 2.70. The Morgan fingerprint density at radius 2 is 1.79 bits per heavy atom. The Balaban J connectivity index is 1.92. The summed E-state index contributed by atoms with van der Waals surface area (Å²) in [6.45, 7) is 1.46. The number of aromatic nitrogens is 1. The van der Waals surface area contributed by atoms with Crippen molar-refractivity contribution >= 4 is 50.5 Å². The molecular weight excluding hydrogens is 433 g/mol. The molecule has 2 aromatic carbocycles. The molecule has 1 heterocycles. The Kier molecular flexibility index (Phi) is 6.42. The number of anilines is 2. The molecule has 0 atom stereocenters. The number of carbonyl (C=O) groups excluding carboxylic acids is 1. The topological polar surface area (TPSA) is 79.4 Å². The van der Waals surface area contributed by atoms with Gasteiger partial charge in [0.2, 0.25) is 5.91 Å². The summed E-state index contributed by atoms with van der Waals surface area (Å²) in [5, 5.41) is 3.27. The molecule has 0 spiro atoms. The fraction of sp³-hybridized carbons (Fsp3) is 0.100. The van der Waals surface area contributed by atoms with Gasteiger partial charge in [0, 0.05) is 18.1 Å². The van der Waals surface area contributed by atoms with Crippen molar-refractivity contribution in [2.24, 2.45) is 0 Å². The van der Waals surface area contributed by atoms with Gasteiger partial charge in [-0.05, 0) is 49.4 Å². The second-order valence-corrected chi connectivity index (χ2v) is 8.89. The second-order valence-electron chi connectivity index (χ2n) is 6.21. The number of rotatable bonds is 6. The fourth-order valence-corrected chi connectivity index (χ4v) is 4.24. The maximum Gasteiger partial charge on any atom is 0.266 e. The van der Waals surface area contributed by atoms with Crippen LogP contribution < -0.4 is 9.62 Å². The number of nitrogens with one attached hydrogen (secondary N) is 1. The van der Waals surface area contributed by atoms with E-state index < -0.39 is 22.5 Å². The highest BCUT2D eigenvalue weighted by molar-refractivity contribution is 7.92. The van der Waals surface area contributed by atoms with Crippen LogP contribution in [0.5, 0.6) is 0 Å². The highest BCUT2D eigenvalue weighted by atomic mass is 35.5. The summed E-state index contributed by atoms with van der Waals surface area (Å²) in [4.78, 5) is 16.5. The SMILES string of the molecule is Cc1ccc(N(CC(=O)Nc2ccc(Cl)c(Cl)c2)S(=O)(=O)c2cccnc2)cc1. The molecule has 3 rings (SSSR count). The Labute approximate surface area is 179 Å². The molecule has 0 bridgehead atoms. The zero-order chi connectivity index (χ0) is 21.0. The van der Waals surface area contributed by atoms with Gasteiger partial charge < -0.3 is 5.32 Å².